The molecule has 0 aliphatic heterocycles. The van der Waals surface area contributed by atoms with Gasteiger partial charge in [0.1, 0.15) is 0 Å². The van der Waals surface area contributed by atoms with Crippen LogP contribution in [0.5, 0.6) is 5.88 Å². The number of amides is 1. The maximum absolute atomic E-state index is 11.9. The number of hydrogen-bond donors (Lipinski definition) is 1. The van der Waals surface area contributed by atoms with Gasteiger partial charge in [-0.2, -0.15) is 0 Å². The monoisotopic (exact) mass is 338 g/mol. The third-order valence-corrected chi connectivity index (χ3v) is 3.72. The van der Waals surface area contributed by atoms with Gasteiger partial charge in [0.05, 0.1) is 7.11 Å². The quantitative estimate of drug-likeness (QED) is 0.874. The van der Waals surface area contributed by atoms with Crippen LogP contribution in [0.4, 0.5) is 0 Å². The first-order valence-corrected chi connectivity index (χ1v) is 7.53. The summed E-state index contributed by atoms with van der Waals surface area (Å²) in [4.78, 5) is 16.0. The highest BCUT2D eigenvalue weighted by atomic mass is 35.5. The van der Waals surface area contributed by atoms with Crippen LogP contribution in [0.1, 0.15) is 17.5 Å². The highest BCUT2D eigenvalue weighted by Crippen LogP contribution is 2.22. The average Bonchev–Trinajstić information content (AvgIpc) is 2.52. The molecule has 2 rings (SSSR count). The Hall–Kier alpha value is -1.78. The average molecular weight is 339 g/mol. The number of hydrogen-bond acceptors (Lipinski definition) is 3. The molecule has 0 radical (unpaired) electrons. The lowest BCUT2D eigenvalue weighted by atomic mass is 10.1. The van der Waals surface area contributed by atoms with Crippen LogP contribution in [-0.4, -0.2) is 18.0 Å². The molecule has 22 heavy (non-hydrogen) atoms. The first-order chi connectivity index (χ1) is 10.6. The predicted molar refractivity (Wildman–Crippen MR) is 87.4 cm³/mol. The van der Waals surface area contributed by atoms with E-state index in [1.54, 1.807) is 31.5 Å². The summed E-state index contributed by atoms with van der Waals surface area (Å²) in [6.45, 7) is 0.435. The Morgan fingerprint density at radius 1 is 1.27 bits per heavy atom. The molecule has 0 unspecified atom stereocenters. The van der Waals surface area contributed by atoms with Crippen molar-refractivity contribution in [3.63, 3.8) is 0 Å². The maximum Gasteiger partial charge on any atom is 0.220 e. The predicted octanol–water partition coefficient (Wildman–Crippen LogP) is 3.65. The summed E-state index contributed by atoms with van der Waals surface area (Å²) < 4.78 is 4.98. The minimum absolute atomic E-state index is 0.0400. The largest absolute Gasteiger partial charge is 0.481 e. The molecule has 0 fully saturated rings. The summed E-state index contributed by atoms with van der Waals surface area (Å²) in [6, 6.07) is 8.91. The lowest BCUT2D eigenvalue weighted by Gasteiger charge is -2.07. The molecule has 0 bridgehead atoms. The molecule has 6 heteroatoms. The van der Waals surface area contributed by atoms with Gasteiger partial charge in [-0.15, -0.1) is 0 Å². The molecule has 2 aromatic rings. The van der Waals surface area contributed by atoms with Gasteiger partial charge in [0.25, 0.3) is 0 Å². The Morgan fingerprint density at radius 3 is 2.73 bits per heavy atom. The fourth-order valence-corrected chi connectivity index (χ4v) is 2.40. The molecule has 4 nitrogen and oxygen atoms in total. The number of halogens is 2. The third kappa shape index (κ3) is 4.90. The normalized spacial score (nSPS) is 10.3. The highest BCUT2D eigenvalue weighted by Gasteiger charge is 2.06. The molecule has 0 saturated heterocycles. The van der Waals surface area contributed by atoms with Crippen LogP contribution in [0.2, 0.25) is 10.0 Å². The summed E-state index contributed by atoms with van der Waals surface area (Å²) in [5.41, 5.74) is 1.83. The van der Waals surface area contributed by atoms with Gasteiger partial charge in [-0.3, -0.25) is 4.79 Å². The zero-order valence-corrected chi connectivity index (χ0v) is 13.6. The Balaban J connectivity index is 1.80. The van der Waals surface area contributed by atoms with Crippen molar-refractivity contribution in [3.8, 4) is 5.88 Å². The van der Waals surface area contributed by atoms with Gasteiger partial charge in [0, 0.05) is 35.3 Å². The minimum Gasteiger partial charge on any atom is -0.481 e. The van der Waals surface area contributed by atoms with Crippen LogP contribution >= 0.6 is 23.2 Å². The number of rotatable bonds is 6. The third-order valence-electron chi connectivity index (χ3n) is 3.13. The summed E-state index contributed by atoms with van der Waals surface area (Å²) in [7, 11) is 1.56. The number of ether oxygens (including phenoxy) is 1. The standard InChI is InChI=1S/C16H16Cl2N2O2/c1-22-16-7-2-11(10-20-16)9-19-15(21)6-4-12-3-5-13(17)8-14(12)18/h2-3,5,7-8,10H,4,6,9H2,1H3,(H,19,21). The molecule has 1 aromatic heterocycles. The number of methoxy groups -OCH3 is 1. The van der Waals surface area contributed by atoms with Crippen LogP contribution in [0.25, 0.3) is 0 Å². The van der Waals surface area contributed by atoms with E-state index in [4.69, 9.17) is 27.9 Å². The van der Waals surface area contributed by atoms with E-state index in [0.717, 1.165) is 11.1 Å². The van der Waals surface area contributed by atoms with E-state index in [2.05, 4.69) is 10.3 Å². The Labute approximate surface area is 139 Å². The fourth-order valence-electron chi connectivity index (χ4n) is 1.90. The van der Waals surface area contributed by atoms with Gasteiger partial charge < -0.3 is 10.1 Å². The number of aromatic nitrogens is 1. The molecule has 0 atom stereocenters. The number of nitrogens with one attached hydrogen (secondary N) is 1. The van der Waals surface area contributed by atoms with Crippen molar-refractivity contribution in [2.24, 2.45) is 0 Å². The maximum atomic E-state index is 11.9. The van der Waals surface area contributed by atoms with Crippen LogP contribution in [-0.2, 0) is 17.8 Å². The summed E-state index contributed by atoms with van der Waals surface area (Å²) in [6.07, 6.45) is 2.61. The van der Waals surface area contributed by atoms with Crippen molar-refractivity contribution in [1.82, 2.24) is 10.3 Å². The molecule has 116 valence electrons. The summed E-state index contributed by atoms with van der Waals surface area (Å²) in [5, 5.41) is 4.02. The second-order valence-electron chi connectivity index (χ2n) is 4.72. The van der Waals surface area contributed by atoms with Crippen molar-refractivity contribution in [3.05, 3.63) is 57.7 Å². The van der Waals surface area contributed by atoms with E-state index >= 15 is 0 Å². The fraction of sp³-hybridized carbons (Fsp3) is 0.250. The lowest BCUT2D eigenvalue weighted by Crippen LogP contribution is -2.23. The van der Waals surface area contributed by atoms with Crippen molar-refractivity contribution in [2.45, 2.75) is 19.4 Å². The summed E-state index contributed by atoms with van der Waals surface area (Å²) in [5.74, 6) is 0.509. The zero-order chi connectivity index (χ0) is 15.9. The smallest absolute Gasteiger partial charge is 0.220 e. The van der Waals surface area contributed by atoms with Crippen molar-refractivity contribution < 1.29 is 9.53 Å². The minimum atomic E-state index is -0.0400. The molecule has 1 amide bonds. The van der Waals surface area contributed by atoms with E-state index < -0.39 is 0 Å². The second-order valence-corrected chi connectivity index (χ2v) is 5.56. The van der Waals surface area contributed by atoms with Gasteiger partial charge >= 0.3 is 0 Å². The highest BCUT2D eigenvalue weighted by molar-refractivity contribution is 6.35. The first kappa shape index (κ1) is 16.6. The number of pyridine rings is 1. The zero-order valence-electron chi connectivity index (χ0n) is 12.1. The van der Waals surface area contributed by atoms with Crippen molar-refractivity contribution in [1.29, 1.82) is 0 Å². The van der Waals surface area contributed by atoms with E-state index in [-0.39, 0.29) is 5.91 Å². The Morgan fingerprint density at radius 2 is 2.09 bits per heavy atom. The molecular formula is C16H16Cl2N2O2. The molecule has 0 aliphatic rings. The molecule has 1 N–H and O–H groups in total. The van der Waals surface area contributed by atoms with Crippen molar-refractivity contribution >= 4 is 29.1 Å². The van der Waals surface area contributed by atoms with Crippen LogP contribution < -0.4 is 10.1 Å². The van der Waals surface area contributed by atoms with E-state index in [1.807, 2.05) is 12.1 Å². The van der Waals surface area contributed by atoms with Gasteiger partial charge in [-0.05, 0) is 29.7 Å². The van der Waals surface area contributed by atoms with Gasteiger partial charge in [-0.25, -0.2) is 4.98 Å². The topological polar surface area (TPSA) is 51.2 Å². The Kier molecular flexibility index (Phi) is 6.04. The molecule has 0 spiro atoms. The number of carbonyl (C=O) groups excluding carboxylic acids is 1. The van der Waals surface area contributed by atoms with Crippen LogP contribution in [0.15, 0.2) is 36.5 Å². The molecule has 0 saturated carbocycles. The second kappa shape index (κ2) is 8.01. The van der Waals surface area contributed by atoms with Crippen LogP contribution in [0.3, 0.4) is 0 Å². The van der Waals surface area contributed by atoms with E-state index in [9.17, 15) is 4.79 Å². The van der Waals surface area contributed by atoms with Gasteiger partial charge in [0.15, 0.2) is 0 Å². The molecule has 1 aromatic carbocycles. The number of benzene rings is 1. The molecule has 0 aliphatic carbocycles. The molecule has 1 heterocycles. The SMILES string of the molecule is COc1ccc(CNC(=O)CCc2ccc(Cl)cc2Cl)cn1. The van der Waals surface area contributed by atoms with Gasteiger partial charge in [0.2, 0.25) is 11.8 Å². The van der Waals surface area contributed by atoms with E-state index in [0.29, 0.717) is 35.3 Å². The number of nitrogens with zero attached hydrogens (tertiary/aromatic N) is 1. The van der Waals surface area contributed by atoms with E-state index in [1.165, 1.54) is 0 Å². The number of aryl methyl sites for hydroxylation is 1. The van der Waals surface area contributed by atoms with Crippen LogP contribution in [0, 0.1) is 0 Å². The van der Waals surface area contributed by atoms with Crippen molar-refractivity contribution in [2.75, 3.05) is 7.11 Å². The first-order valence-electron chi connectivity index (χ1n) is 6.78. The lowest BCUT2D eigenvalue weighted by molar-refractivity contribution is -0.121. The summed E-state index contributed by atoms with van der Waals surface area (Å²) >= 11 is 11.9. The number of carbonyl (C=O) groups is 1. The Bertz CT molecular complexity index is 645. The van der Waals surface area contributed by atoms with Gasteiger partial charge in [-0.1, -0.05) is 35.3 Å². The molecular weight excluding hydrogens is 323 g/mol.